The highest BCUT2D eigenvalue weighted by molar-refractivity contribution is 6.36. The van der Waals surface area contributed by atoms with Crippen molar-refractivity contribution in [3.63, 3.8) is 0 Å². The number of nitrogens with zero attached hydrogens (tertiary/aromatic N) is 1. The molecule has 0 saturated carbocycles. The van der Waals surface area contributed by atoms with Gasteiger partial charge in [-0.3, -0.25) is 0 Å². The number of aliphatic hydroxyl groups is 1. The minimum atomic E-state index is -0.930. The average molecular weight is 305 g/mol. The first-order valence-corrected chi connectivity index (χ1v) is 6.91. The van der Waals surface area contributed by atoms with Crippen LogP contribution in [0.2, 0.25) is 10.0 Å². The van der Waals surface area contributed by atoms with Gasteiger partial charge in [-0.05, 0) is 26.0 Å². The summed E-state index contributed by atoms with van der Waals surface area (Å²) in [6.07, 6.45) is -0.930. The highest BCUT2D eigenvalue weighted by Crippen LogP contribution is 2.29. The van der Waals surface area contributed by atoms with Gasteiger partial charge in [0, 0.05) is 35.2 Å². The summed E-state index contributed by atoms with van der Waals surface area (Å²) in [7, 11) is 0. The summed E-state index contributed by atoms with van der Waals surface area (Å²) in [4.78, 5) is 13.4. The van der Waals surface area contributed by atoms with E-state index in [4.69, 9.17) is 23.2 Å². The standard InChI is InChI=1S/C13H18Cl2N2O2/c1-3-17(4-2)13(19)16-8-11(18)12-9(14)6-5-7-10(12)15/h5-7,11,18H,3-4,8H2,1-2H3,(H,16,19). The Morgan fingerprint density at radius 1 is 1.32 bits per heavy atom. The second-order valence-corrected chi connectivity index (χ2v) is 4.82. The molecule has 0 aliphatic rings. The molecule has 1 atom stereocenters. The van der Waals surface area contributed by atoms with Gasteiger partial charge < -0.3 is 15.3 Å². The molecule has 0 fully saturated rings. The summed E-state index contributed by atoms with van der Waals surface area (Å²) < 4.78 is 0. The lowest BCUT2D eigenvalue weighted by Gasteiger charge is -2.21. The SMILES string of the molecule is CCN(CC)C(=O)NCC(O)c1c(Cl)cccc1Cl. The van der Waals surface area contributed by atoms with Crippen molar-refractivity contribution in [2.45, 2.75) is 20.0 Å². The number of urea groups is 1. The molecule has 0 bridgehead atoms. The first-order valence-electron chi connectivity index (χ1n) is 6.16. The fourth-order valence-corrected chi connectivity index (χ4v) is 2.39. The fourth-order valence-electron chi connectivity index (χ4n) is 1.74. The number of carbonyl (C=O) groups is 1. The van der Waals surface area contributed by atoms with Crippen LogP contribution >= 0.6 is 23.2 Å². The Labute approximate surface area is 123 Å². The van der Waals surface area contributed by atoms with Crippen LogP contribution in [-0.2, 0) is 0 Å². The van der Waals surface area contributed by atoms with Crippen LogP contribution in [0.1, 0.15) is 25.5 Å². The van der Waals surface area contributed by atoms with Crippen molar-refractivity contribution in [2.24, 2.45) is 0 Å². The topological polar surface area (TPSA) is 52.6 Å². The number of rotatable bonds is 5. The Hall–Kier alpha value is -0.970. The van der Waals surface area contributed by atoms with Gasteiger partial charge in [-0.15, -0.1) is 0 Å². The summed E-state index contributed by atoms with van der Waals surface area (Å²) in [5, 5.41) is 13.5. The zero-order chi connectivity index (χ0) is 14.4. The normalized spacial score (nSPS) is 12.1. The molecule has 1 aromatic rings. The summed E-state index contributed by atoms with van der Waals surface area (Å²) >= 11 is 12.0. The predicted molar refractivity (Wildman–Crippen MR) is 77.7 cm³/mol. The molecule has 2 N–H and O–H groups in total. The van der Waals surface area contributed by atoms with E-state index in [0.717, 1.165) is 0 Å². The zero-order valence-corrected chi connectivity index (χ0v) is 12.5. The first kappa shape index (κ1) is 16.1. The van der Waals surface area contributed by atoms with E-state index in [0.29, 0.717) is 28.7 Å². The minimum absolute atomic E-state index is 0.0682. The Morgan fingerprint density at radius 2 is 1.84 bits per heavy atom. The summed E-state index contributed by atoms with van der Waals surface area (Å²) in [5.41, 5.74) is 0.436. The Bertz CT molecular complexity index is 416. The summed E-state index contributed by atoms with van der Waals surface area (Å²) in [6, 6.07) is 4.79. The first-order chi connectivity index (χ1) is 9.01. The van der Waals surface area contributed by atoms with Crippen LogP contribution in [0.5, 0.6) is 0 Å². The molecular weight excluding hydrogens is 287 g/mol. The molecule has 2 amide bonds. The molecule has 0 heterocycles. The Morgan fingerprint density at radius 3 is 2.32 bits per heavy atom. The van der Waals surface area contributed by atoms with E-state index in [1.807, 2.05) is 13.8 Å². The zero-order valence-electron chi connectivity index (χ0n) is 11.0. The van der Waals surface area contributed by atoms with Crippen molar-refractivity contribution in [2.75, 3.05) is 19.6 Å². The Kier molecular flexibility index (Phi) is 6.42. The largest absolute Gasteiger partial charge is 0.386 e. The van der Waals surface area contributed by atoms with E-state index >= 15 is 0 Å². The molecule has 0 radical (unpaired) electrons. The number of hydrogen-bond acceptors (Lipinski definition) is 2. The number of benzene rings is 1. The predicted octanol–water partition coefficient (Wildman–Crippen LogP) is 3.08. The maximum atomic E-state index is 11.7. The van der Waals surface area contributed by atoms with E-state index in [2.05, 4.69) is 5.32 Å². The average Bonchev–Trinajstić information content (AvgIpc) is 2.37. The van der Waals surface area contributed by atoms with Gasteiger partial charge in [0.2, 0.25) is 0 Å². The van der Waals surface area contributed by atoms with E-state index in [1.165, 1.54) is 0 Å². The number of halogens is 2. The third-order valence-corrected chi connectivity index (χ3v) is 3.49. The molecule has 0 aliphatic carbocycles. The number of aliphatic hydroxyl groups excluding tert-OH is 1. The number of amides is 2. The van der Waals surface area contributed by atoms with Crippen molar-refractivity contribution in [3.8, 4) is 0 Å². The van der Waals surface area contributed by atoms with Crippen LogP contribution in [0.25, 0.3) is 0 Å². The van der Waals surface area contributed by atoms with Crippen LogP contribution in [-0.4, -0.2) is 35.7 Å². The summed E-state index contributed by atoms with van der Waals surface area (Å²) in [5.74, 6) is 0. The minimum Gasteiger partial charge on any atom is -0.386 e. The summed E-state index contributed by atoms with van der Waals surface area (Å²) in [6.45, 7) is 5.09. The fraction of sp³-hybridized carbons (Fsp3) is 0.462. The van der Waals surface area contributed by atoms with Crippen LogP contribution < -0.4 is 5.32 Å². The molecule has 0 aliphatic heterocycles. The molecule has 0 spiro atoms. The van der Waals surface area contributed by atoms with Crippen molar-refractivity contribution in [1.82, 2.24) is 10.2 Å². The van der Waals surface area contributed by atoms with Crippen molar-refractivity contribution < 1.29 is 9.90 Å². The van der Waals surface area contributed by atoms with Gasteiger partial charge in [-0.2, -0.15) is 0 Å². The monoisotopic (exact) mass is 304 g/mol. The lowest BCUT2D eigenvalue weighted by Crippen LogP contribution is -2.41. The smallest absolute Gasteiger partial charge is 0.317 e. The number of carbonyl (C=O) groups excluding carboxylic acids is 1. The molecule has 19 heavy (non-hydrogen) atoms. The highest BCUT2D eigenvalue weighted by Gasteiger charge is 2.17. The Balaban J connectivity index is 2.66. The van der Waals surface area contributed by atoms with Gasteiger partial charge >= 0.3 is 6.03 Å². The second kappa shape index (κ2) is 7.58. The lowest BCUT2D eigenvalue weighted by atomic mass is 10.1. The van der Waals surface area contributed by atoms with Crippen LogP contribution in [0.4, 0.5) is 4.79 Å². The molecule has 0 saturated heterocycles. The van der Waals surface area contributed by atoms with Crippen molar-refractivity contribution >= 4 is 29.2 Å². The van der Waals surface area contributed by atoms with Gasteiger partial charge in [0.1, 0.15) is 0 Å². The van der Waals surface area contributed by atoms with E-state index in [-0.39, 0.29) is 12.6 Å². The molecule has 106 valence electrons. The van der Waals surface area contributed by atoms with Crippen LogP contribution in [0, 0.1) is 0 Å². The molecule has 1 aromatic carbocycles. The van der Waals surface area contributed by atoms with E-state index in [1.54, 1.807) is 23.1 Å². The maximum Gasteiger partial charge on any atom is 0.317 e. The lowest BCUT2D eigenvalue weighted by molar-refractivity contribution is 0.163. The second-order valence-electron chi connectivity index (χ2n) is 4.01. The molecule has 4 nitrogen and oxygen atoms in total. The van der Waals surface area contributed by atoms with E-state index < -0.39 is 6.10 Å². The molecule has 0 aromatic heterocycles. The highest BCUT2D eigenvalue weighted by atomic mass is 35.5. The quantitative estimate of drug-likeness (QED) is 0.878. The van der Waals surface area contributed by atoms with Crippen molar-refractivity contribution in [3.05, 3.63) is 33.8 Å². The maximum absolute atomic E-state index is 11.7. The van der Waals surface area contributed by atoms with Crippen LogP contribution in [0.3, 0.4) is 0 Å². The third-order valence-electron chi connectivity index (χ3n) is 2.83. The molecule has 6 heteroatoms. The van der Waals surface area contributed by atoms with Gasteiger partial charge in [0.15, 0.2) is 0 Å². The van der Waals surface area contributed by atoms with Gasteiger partial charge in [0.25, 0.3) is 0 Å². The van der Waals surface area contributed by atoms with Crippen LogP contribution in [0.15, 0.2) is 18.2 Å². The van der Waals surface area contributed by atoms with Gasteiger partial charge in [-0.1, -0.05) is 29.3 Å². The molecular formula is C13H18Cl2N2O2. The van der Waals surface area contributed by atoms with E-state index in [9.17, 15) is 9.90 Å². The molecule has 1 unspecified atom stereocenters. The van der Waals surface area contributed by atoms with Gasteiger partial charge in [0.05, 0.1) is 6.10 Å². The third kappa shape index (κ3) is 4.27. The molecule has 1 rings (SSSR count). The number of hydrogen-bond donors (Lipinski definition) is 2. The van der Waals surface area contributed by atoms with Crippen molar-refractivity contribution in [1.29, 1.82) is 0 Å². The number of nitrogens with one attached hydrogen (secondary N) is 1. The van der Waals surface area contributed by atoms with Gasteiger partial charge in [-0.25, -0.2) is 4.79 Å².